The summed E-state index contributed by atoms with van der Waals surface area (Å²) in [6, 6.07) is -0.560. The van der Waals surface area contributed by atoms with Crippen molar-refractivity contribution in [2.75, 3.05) is 32.8 Å². The number of carbonyl (C=O) groups is 3. The zero-order chi connectivity index (χ0) is 25.4. The lowest BCUT2D eigenvalue weighted by Gasteiger charge is -2.37. The normalized spacial score (nSPS) is 28.7. The molecule has 8 heteroatoms. The van der Waals surface area contributed by atoms with Crippen LogP contribution in [0, 0.1) is 11.8 Å². The molecule has 196 valence electrons. The number of hydrogen-bond donors (Lipinski definition) is 1. The van der Waals surface area contributed by atoms with Crippen molar-refractivity contribution in [1.82, 2.24) is 9.80 Å². The molecule has 0 aliphatic carbocycles. The second-order valence-electron chi connectivity index (χ2n) is 9.90. The van der Waals surface area contributed by atoms with Crippen molar-refractivity contribution in [1.29, 1.82) is 0 Å². The van der Waals surface area contributed by atoms with Gasteiger partial charge in [-0.1, -0.05) is 38.3 Å². The third-order valence-electron chi connectivity index (χ3n) is 7.62. The number of carbonyl (C=O) groups excluding carboxylic acids is 3. The second-order valence-corrected chi connectivity index (χ2v) is 11.5. The van der Waals surface area contributed by atoms with E-state index in [1.54, 1.807) is 28.8 Å². The average Bonchev–Trinajstić information content (AvgIpc) is 3.49. The second kappa shape index (κ2) is 12.9. The van der Waals surface area contributed by atoms with Gasteiger partial charge in [0.1, 0.15) is 6.04 Å². The minimum absolute atomic E-state index is 0.0154. The van der Waals surface area contributed by atoms with E-state index in [1.807, 2.05) is 4.90 Å². The molecule has 5 atom stereocenters. The number of aliphatic hydroxyl groups is 1. The lowest BCUT2D eigenvalue weighted by molar-refractivity contribution is -0.154. The van der Waals surface area contributed by atoms with Gasteiger partial charge in [-0.15, -0.1) is 24.9 Å². The Kier molecular flexibility index (Phi) is 10.3. The summed E-state index contributed by atoms with van der Waals surface area (Å²) < 4.78 is 4.97. The Balaban J connectivity index is 1.88. The highest BCUT2D eigenvalue weighted by atomic mass is 32.2. The van der Waals surface area contributed by atoms with Gasteiger partial charge in [0.25, 0.3) is 0 Å². The van der Waals surface area contributed by atoms with E-state index in [0.29, 0.717) is 26.1 Å². The number of nitrogens with zero attached hydrogens (tertiary/aromatic N) is 2. The lowest BCUT2D eigenvalue weighted by atomic mass is 9.71. The molecule has 2 amide bonds. The highest BCUT2D eigenvalue weighted by Crippen LogP contribution is 2.66. The van der Waals surface area contributed by atoms with E-state index in [-0.39, 0.29) is 36.2 Å². The summed E-state index contributed by atoms with van der Waals surface area (Å²) in [6.07, 6.45) is 10.8. The zero-order valence-corrected chi connectivity index (χ0v) is 22.0. The van der Waals surface area contributed by atoms with Crippen LogP contribution in [0.1, 0.15) is 64.7 Å². The van der Waals surface area contributed by atoms with Crippen molar-refractivity contribution in [3.05, 3.63) is 25.3 Å². The Morgan fingerprint density at radius 1 is 1.23 bits per heavy atom. The molecule has 0 aromatic rings. The minimum Gasteiger partial charge on any atom is -0.465 e. The van der Waals surface area contributed by atoms with Crippen LogP contribution < -0.4 is 0 Å². The average molecular weight is 507 g/mol. The molecule has 3 heterocycles. The number of thioether (sulfide) groups is 1. The van der Waals surface area contributed by atoms with Gasteiger partial charge in [0.05, 0.1) is 23.2 Å². The predicted molar refractivity (Wildman–Crippen MR) is 139 cm³/mol. The SMILES string of the molecule is C=CCCOC(=O)[C@@H]1[C@H]2C(=O)N(CCCCCCO)C(C(=O)N(CC=C)CCCC)C23CC[C@H]1S3. The number of ether oxygens (including phenoxy) is 1. The van der Waals surface area contributed by atoms with Crippen LogP contribution >= 0.6 is 11.8 Å². The first-order chi connectivity index (χ1) is 17.0. The van der Waals surface area contributed by atoms with Gasteiger partial charge >= 0.3 is 5.97 Å². The fourth-order valence-electron chi connectivity index (χ4n) is 6.00. The smallest absolute Gasteiger partial charge is 0.310 e. The quantitative estimate of drug-likeness (QED) is 0.196. The van der Waals surface area contributed by atoms with Gasteiger partial charge in [-0.25, -0.2) is 0 Å². The maximum atomic E-state index is 14.1. The molecule has 7 nitrogen and oxygen atoms in total. The van der Waals surface area contributed by atoms with Gasteiger partial charge in [-0.2, -0.15) is 0 Å². The molecule has 3 fully saturated rings. The molecular weight excluding hydrogens is 464 g/mol. The van der Waals surface area contributed by atoms with Crippen molar-refractivity contribution < 1.29 is 24.2 Å². The number of amides is 2. The molecule has 3 rings (SSSR count). The molecule has 2 bridgehead atoms. The molecule has 1 N–H and O–H groups in total. The van der Waals surface area contributed by atoms with Gasteiger partial charge in [0.15, 0.2) is 0 Å². The Morgan fingerprint density at radius 3 is 2.69 bits per heavy atom. The van der Waals surface area contributed by atoms with Crippen LogP contribution in [0.4, 0.5) is 0 Å². The Hall–Kier alpha value is -1.80. The number of hydrogen-bond acceptors (Lipinski definition) is 6. The maximum Gasteiger partial charge on any atom is 0.310 e. The van der Waals surface area contributed by atoms with Crippen molar-refractivity contribution in [3.8, 4) is 0 Å². The number of aliphatic hydroxyl groups excluding tert-OH is 1. The van der Waals surface area contributed by atoms with Gasteiger partial charge in [0, 0.05) is 31.5 Å². The monoisotopic (exact) mass is 506 g/mol. The number of fused-ring (bicyclic) bond motifs is 1. The molecule has 0 aromatic carbocycles. The number of unbranched alkanes of at least 4 members (excludes halogenated alkanes) is 4. The first-order valence-corrected chi connectivity index (χ1v) is 14.1. The molecule has 0 saturated carbocycles. The van der Waals surface area contributed by atoms with Gasteiger partial charge in [0.2, 0.25) is 11.8 Å². The Labute approximate surface area is 214 Å². The Morgan fingerprint density at radius 2 is 2.00 bits per heavy atom. The summed E-state index contributed by atoms with van der Waals surface area (Å²) >= 11 is 1.69. The molecular formula is C27H42N2O5S. The van der Waals surface area contributed by atoms with Crippen molar-refractivity contribution in [2.45, 2.75) is 80.7 Å². The van der Waals surface area contributed by atoms with Crippen LogP contribution in [0.3, 0.4) is 0 Å². The fourth-order valence-corrected chi connectivity index (χ4v) is 8.20. The van der Waals surface area contributed by atoms with Crippen LogP contribution in [-0.2, 0) is 19.1 Å². The lowest BCUT2D eigenvalue weighted by Crippen LogP contribution is -2.55. The molecule has 35 heavy (non-hydrogen) atoms. The van der Waals surface area contributed by atoms with E-state index < -0.39 is 22.6 Å². The van der Waals surface area contributed by atoms with Crippen molar-refractivity contribution in [2.24, 2.45) is 11.8 Å². The van der Waals surface area contributed by atoms with E-state index >= 15 is 0 Å². The summed E-state index contributed by atoms with van der Waals surface area (Å²) in [7, 11) is 0. The number of likely N-dealkylation sites (tertiary alicyclic amines) is 1. The van der Waals surface area contributed by atoms with E-state index in [0.717, 1.165) is 51.4 Å². The number of esters is 1. The largest absolute Gasteiger partial charge is 0.465 e. The predicted octanol–water partition coefficient (Wildman–Crippen LogP) is 3.56. The summed E-state index contributed by atoms with van der Waals surface area (Å²) in [4.78, 5) is 44.7. The van der Waals surface area contributed by atoms with E-state index in [2.05, 4.69) is 20.1 Å². The topological polar surface area (TPSA) is 87.1 Å². The molecule has 3 saturated heterocycles. The molecule has 0 aromatic heterocycles. The summed E-state index contributed by atoms with van der Waals surface area (Å²) in [5, 5.41) is 9.10. The van der Waals surface area contributed by atoms with Gasteiger partial charge in [-0.05, 0) is 38.5 Å². The van der Waals surface area contributed by atoms with Crippen LogP contribution in [0.15, 0.2) is 25.3 Å². The molecule has 2 unspecified atom stereocenters. The first kappa shape index (κ1) is 27.8. The minimum atomic E-state index is -0.572. The molecule has 0 radical (unpaired) electrons. The molecule has 3 aliphatic rings. The van der Waals surface area contributed by atoms with Crippen LogP contribution in [-0.4, -0.2) is 81.6 Å². The maximum absolute atomic E-state index is 14.1. The van der Waals surface area contributed by atoms with Crippen LogP contribution in [0.2, 0.25) is 0 Å². The fraction of sp³-hybridized carbons (Fsp3) is 0.741. The standard InChI is InChI=1S/C27H42N2O5S/c1-4-7-16-28(15-6-3)25(32)23-27-14-13-20(35-27)21(26(33)34-19-8-5-2)22(27)24(31)29(23)17-11-9-10-12-18-30/h5-6,20-23,30H,2-4,7-19H2,1H3/t20-,21+,22+,23?,27?/m1/s1. The summed E-state index contributed by atoms with van der Waals surface area (Å²) in [5.74, 6) is -1.40. The summed E-state index contributed by atoms with van der Waals surface area (Å²) in [5.41, 5.74) is 0. The van der Waals surface area contributed by atoms with E-state index in [1.165, 1.54) is 0 Å². The summed E-state index contributed by atoms with van der Waals surface area (Å²) in [6.45, 7) is 11.6. The third-order valence-corrected chi connectivity index (χ3v) is 9.57. The Bertz CT molecular complexity index is 790. The zero-order valence-electron chi connectivity index (χ0n) is 21.2. The van der Waals surface area contributed by atoms with Gasteiger partial charge in [-0.3, -0.25) is 14.4 Å². The first-order valence-electron chi connectivity index (χ1n) is 13.2. The van der Waals surface area contributed by atoms with Crippen molar-refractivity contribution >= 4 is 29.5 Å². The van der Waals surface area contributed by atoms with E-state index in [9.17, 15) is 14.4 Å². The number of rotatable bonds is 16. The van der Waals surface area contributed by atoms with Crippen LogP contribution in [0.5, 0.6) is 0 Å². The van der Waals surface area contributed by atoms with E-state index in [4.69, 9.17) is 9.84 Å². The highest BCUT2D eigenvalue weighted by molar-refractivity contribution is 8.02. The highest BCUT2D eigenvalue weighted by Gasteiger charge is 2.74. The van der Waals surface area contributed by atoms with Crippen LogP contribution in [0.25, 0.3) is 0 Å². The molecule has 3 aliphatic heterocycles. The van der Waals surface area contributed by atoms with Gasteiger partial charge < -0.3 is 19.6 Å². The molecule has 1 spiro atoms. The van der Waals surface area contributed by atoms with Crippen molar-refractivity contribution in [3.63, 3.8) is 0 Å². The third kappa shape index (κ3) is 5.63.